The van der Waals surface area contributed by atoms with Gasteiger partial charge in [-0.3, -0.25) is 0 Å². The van der Waals surface area contributed by atoms with Crippen LogP contribution in [0.4, 0.5) is 0 Å². The van der Waals surface area contributed by atoms with Crippen LogP contribution in [0.2, 0.25) is 0 Å². The van der Waals surface area contributed by atoms with Crippen LogP contribution in [-0.2, 0) is 11.2 Å². The van der Waals surface area contributed by atoms with Crippen LogP contribution < -0.4 is 10.1 Å². The van der Waals surface area contributed by atoms with Gasteiger partial charge in [-0.25, -0.2) is 4.98 Å². The van der Waals surface area contributed by atoms with Crippen molar-refractivity contribution in [3.63, 3.8) is 0 Å². The van der Waals surface area contributed by atoms with Gasteiger partial charge in [0.1, 0.15) is 6.04 Å². The maximum absolute atomic E-state index is 5.38. The average molecular weight is 276 g/mol. The second-order valence-electron chi connectivity index (χ2n) is 4.52. The second-order valence-corrected chi connectivity index (χ2v) is 4.52. The highest BCUT2D eigenvalue weighted by molar-refractivity contribution is 5.20. The Morgan fingerprint density at radius 2 is 2.40 bits per heavy atom. The molecule has 0 aliphatic carbocycles. The number of hydrogen-bond acceptors (Lipinski definition) is 7. The molecule has 0 amide bonds. The van der Waals surface area contributed by atoms with Gasteiger partial charge in [-0.2, -0.15) is 4.98 Å². The Labute approximate surface area is 116 Å². The Bertz CT molecular complexity index is 549. The van der Waals surface area contributed by atoms with Gasteiger partial charge in [0.2, 0.25) is 11.8 Å². The van der Waals surface area contributed by atoms with Crippen LogP contribution in [0.3, 0.4) is 0 Å². The number of pyridine rings is 1. The fraction of sp³-hybridized carbons (Fsp3) is 0.462. The summed E-state index contributed by atoms with van der Waals surface area (Å²) in [6.45, 7) is 2.07. The number of ether oxygens (including phenoxy) is 2. The summed E-state index contributed by atoms with van der Waals surface area (Å²) >= 11 is 0. The van der Waals surface area contributed by atoms with Crippen LogP contribution >= 0.6 is 0 Å². The third-order valence-electron chi connectivity index (χ3n) is 3.07. The van der Waals surface area contributed by atoms with Crippen LogP contribution in [0, 0.1) is 0 Å². The van der Waals surface area contributed by atoms with Gasteiger partial charge in [-0.1, -0.05) is 11.2 Å². The largest absolute Gasteiger partial charge is 0.481 e. The van der Waals surface area contributed by atoms with Crippen molar-refractivity contribution in [2.24, 2.45) is 0 Å². The lowest BCUT2D eigenvalue weighted by molar-refractivity contribution is 0.0659. The zero-order chi connectivity index (χ0) is 13.8. The summed E-state index contributed by atoms with van der Waals surface area (Å²) in [5.74, 6) is 1.80. The van der Waals surface area contributed by atoms with Crippen molar-refractivity contribution >= 4 is 0 Å². The molecule has 1 aliphatic heterocycles. The van der Waals surface area contributed by atoms with Crippen molar-refractivity contribution in [2.45, 2.75) is 12.5 Å². The number of hydrogen-bond donors (Lipinski definition) is 1. The monoisotopic (exact) mass is 276 g/mol. The number of rotatable bonds is 4. The van der Waals surface area contributed by atoms with Gasteiger partial charge in [0.05, 0.1) is 20.3 Å². The normalized spacial score (nSPS) is 18.9. The highest BCUT2D eigenvalue weighted by Crippen LogP contribution is 2.15. The van der Waals surface area contributed by atoms with Crippen LogP contribution in [0.5, 0.6) is 5.88 Å². The minimum Gasteiger partial charge on any atom is -0.481 e. The molecule has 1 N–H and O–H groups in total. The van der Waals surface area contributed by atoms with Gasteiger partial charge in [-0.05, 0) is 5.56 Å². The molecule has 0 radical (unpaired) electrons. The standard InChI is InChI=1S/C13H16N4O3/c1-18-12-3-2-9(7-15-12)6-11-16-13(20-17-11)10-8-19-5-4-14-10/h2-3,7,10,14H,4-6,8H2,1H3. The summed E-state index contributed by atoms with van der Waals surface area (Å²) in [7, 11) is 1.59. The zero-order valence-electron chi connectivity index (χ0n) is 11.2. The van der Waals surface area contributed by atoms with Crippen molar-refractivity contribution in [1.29, 1.82) is 0 Å². The zero-order valence-corrected chi connectivity index (χ0v) is 11.2. The molecule has 0 saturated carbocycles. The summed E-state index contributed by atoms with van der Waals surface area (Å²) in [5.41, 5.74) is 1.01. The fourth-order valence-electron chi connectivity index (χ4n) is 2.02. The average Bonchev–Trinajstić information content (AvgIpc) is 2.97. The van der Waals surface area contributed by atoms with E-state index in [2.05, 4.69) is 20.4 Å². The van der Waals surface area contributed by atoms with Crippen molar-refractivity contribution in [1.82, 2.24) is 20.4 Å². The number of methoxy groups -OCH3 is 1. The lowest BCUT2D eigenvalue weighted by atomic mass is 10.2. The molecule has 7 nitrogen and oxygen atoms in total. The molecule has 1 atom stereocenters. The summed E-state index contributed by atoms with van der Waals surface area (Å²) in [6, 6.07) is 3.73. The molecule has 7 heteroatoms. The molecular formula is C13H16N4O3. The van der Waals surface area contributed by atoms with E-state index in [1.54, 1.807) is 13.3 Å². The van der Waals surface area contributed by atoms with Gasteiger partial charge in [0.15, 0.2) is 5.82 Å². The molecule has 1 fully saturated rings. The third kappa shape index (κ3) is 2.94. The highest BCUT2D eigenvalue weighted by Gasteiger charge is 2.21. The van der Waals surface area contributed by atoms with Crippen LogP contribution in [0.15, 0.2) is 22.9 Å². The van der Waals surface area contributed by atoms with Crippen molar-refractivity contribution in [3.05, 3.63) is 35.6 Å². The summed E-state index contributed by atoms with van der Waals surface area (Å²) in [4.78, 5) is 8.54. The lowest BCUT2D eigenvalue weighted by Crippen LogP contribution is -2.34. The minimum absolute atomic E-state index is 0.0148. The van der Waals surface area contributed by atoms with Crippen molar-refractivity contribution in [3.8, 4) is 5.88 Å². The van der Waals surface area contributed by atoms with Gasteiger partial charge in [-0.15, -0.1) is 0 Å². The number of nitrogens with zero attached hydrogens (tertiary/aromatic N) is 3. The third-order valence-corrected chi connectivity index (χ3v) is 3.07. The first-order chi connectivity index (χ1) is 9.85. The summed E-state index contributed by atoms with van der Waals surface area (Å²) in [6.07, 6.45) is 2.32. The van der Waals surface area contributed by atoms with Crippen LogP contribution in [0.25, 0.3) is 0 Å². The Morgan fingerprint density at radius 3 is 3.10 bits per heavy atom. The first kappa shape index (κ1) is 13.0. The van der Waals surface area contributed by atoms with E-state index in [0.717, 1.165) is 18.7 Å². The van der Waals surface area contributed by atoms with E-state index in [-0.39, 0.29) is 6.04 Å². The topological polar surface area (TPSA) is 82.3 Å². The molecule has 3 rings (SSSR count). The van der Waals surface area contributed by atoms with Gasteiger partial charge < -0.3 is 19.3 Å². The molecule has 2 aromatic rings. The number of aromatic nitrogens is 3. The fourth-order valence-corrected chi connectivity index (χ4v) is 2.02. The SMILES string of the molecule is COc1ccc(Cc2noc(C3COCCN3)n2)cn1. The van der Waals surface area contributed by atoms with Gasteiger partial charge in [0.25, 0.3) is 0 Å². The molecular weight excluding hydrogens is 260 g/mol. The maximum atomic E-state index is 5.38. The van der Waals surface area contributed by atoms with E-state index >= 15 is 0 Å². The Balaban J connectivity index is 1.66. The quantitative estimate of drug-likeness (QED) is 0.881. The predicted octanol–water partition coefficient (Wildman–Crippen LogP) is 0.725. The lowest BCUT2D eigenvalue weighted by Gasteiger charge is -2.20. The minimum atomic E-state index is -0.0148. The van der Waals surface area contributed by atoms with Crippen molar-refractivity contribution < 1.29 is 14.0 Å². The van der Waals surface area contributed by atoms with Crippen molar-refractivity contribution in [2.75, 3.05) is 26.9 Å². The van der Waals surface area contributed by atoms with E-state index in [1.807, 2.05) is 12.1 Å². The number of nitrogens with one attached hydrogen (secondary N) is 1. The molecule has 0 spiro atoms. The molecule has 106 valence electrons. The molecule has 2 aromatic heterocycles. The second kappa shape index (κ2) is 5.98. The smallest absolute Gasteiger partial charge is 0.246 e. The molecule has 20 heavy (non-hydrogen) atoms. The number of morpholine rings is 1. The highest BCUT2D eigenvalue weighted by atomic mass is 16.5. The Kier molecular flexibility index (Phi) is 3.89. The van der Waals surface area contributed by atoms with E-state index in [9.17, 15) is 0 Å². The first-order valence-electron chi connectivity index (χ1n) is 6.47. The predicted molar refractivity (Wildman–Crippen MR) is 69.5 cm³/mol. The van der Waals surface area contributed by atoms with E-state index < -0.39 is 0 Å². The molecule has 3 heterocycles. The maximum Gasteiger partial charge on any atom is 0.246 e. The Morgan fingerprint density at radius 1 is 1.45 bits per heavy atom. The molecule has 1 saturated heterocycles. The van der Waals surface area contributed by atoms with Gasteiger partial charge in [0, 0.05) is 25.2 Å². The van der Waals surface area contributed by atoms with E-state index in [1.165, 1.54) is 0 Å². The first-order valence-corrected chi connectivity index (χ1v) is 6.47. The molecule has 0 bridgehead atoms. The van der Waals surface area contributed by atoms with E-state index in [4.69, 9.17) is 14.0 Å². The summed E-state index contributed by atoms with van der Waals surface area (Å²) < 4.78 is 15.7. The van der Waals surface area contributed by atoms with Gasteiger partial charge >= 0.3 is 0 Å². The van der Waals surface area contributed by atoms with E-state index in [0.29, 0.717) is 30.6 Å². The molecule has 0 aromatic carbocycles. The Hall–Kier alpha value is -1.99. The van der Waals surface area contributed by atoms with Crippen LogP contribution in [0.1, 0.15) is 23.3 Å². The summed E-state index contributed by atoms with van der Waals surface area (Å²) in [5, 5.41) is 7.27. The van der Waals surface area contributed by atoms with Crippen LogP contribution in [-0.4, -0.2) is 42.0 Å². The molecule has 1 unspecified atom stereocenters. The molecule has 1 aliphatic rings.